The predicted molar refractivity (Wildman–Crippen MR) is 54.0 cm³/mol. The number of hydrogen-bond acceptors (Lipinski definition) is 4. The van der Waals surface area contributed by atoms with Gasteiger partial charge in [0.2, 0.25) is 0 Å². The Bertz CT molecular complexity index is 410. The summed E-state index contributed by atoms with van der Waals surface area (Å²) in [5.41, 5.74) is 3.44. The minimum absolute atomic E-state index is 0.167. The van der Waals surface area contributed by atoms with Crippen molar-refractivity contribution in [1.82, 2.24) is 0 Å². The quantitative estimate of drug-likeness (QED) is 0.598. The lowest BCUT2D eigenvalue weighted by atomic mass is 9.93. The van der Waals surface area contributed by atoms with Crippen molar-refractivity contribution in [3.63, 3.8) is 0 Å². The molecule has 0 aliphatic carbocycles. The van der Waals surface area contributed by atoms with E-state index in [4.69, 9.17) is 15.9 Å². The molecule has 0 fully saturated rings. The van der Waals surface area contributed by atoms with Gasteiger partial charge in [0, 0.05) is 12.5 Å². The molecule has 5 nitrogen and oxygen atoms in total. The molecule has 0 bridgehead atoms. The van der Waals surface area contributed by atoms with E-state index in [9.17, 15) is 14.3 Å². The fourth-order valence-electron chi connectivity index (χ4n) is 1.22. The third-order valence-electron chi connectivity index (χ3n) is 2.24. The van der Waals surface area contributed by atoms with E-state index in [-0.39, 0.29) is 23.5 Å². The number of phenols is 2. The second-order valence-electron chi connectivity index (χ2n) is 3.58. The first-order valence-corrected chi connectivity index (χ1v) is 4.48. The van der Waals surface area contributed by atoms with Gasteiger partial charge in [-0.05, 0) is 11.6 Å². The van der Waals surface area contributed by atoms with Crippen LogP contribution in [-0.4, -0.2) is 33.5 Å². The fourth-order valence-corrected chi connectivity index (χ4v) is 1.22. The van der Waals surface area contributed by atoms with E-state index in [2.05, 4.69) is 0 Å². The van der Waals surface area contributed by atoms with Crippen LogP contribution < -0.4 is 5.73 Å². The number of phenolic OH excluding ortho intramolecular Hbond substituents is 2. The van der Waals surface area contributed by atoms with E-state index >= 15 is 0 Å². The lowest BCUT2D eigenvalue weighted by molar-refractivity contribution is -0.143. The van der Waals surface area contributed by atoms with Crippen LogP contribution in [0.1, 0.15) is 5.56 Å². The first-order chi connectivity index (χ1) is 7.39. The number of hydrogen-bond donors (Lipinski definition) is 4. The molecule has 0 radical (unpaired) electrons. The van der Waals surface area contributed by atoms with Crippen LogP contribution in [0.25, 0.3) is 0 Å². The number of carboxylic acid groups (broad SMARTS) is 1. The zero-order chi connectivity index (χ0) is 12.3. The topological polar surface area (TPSA) is 104 Å². The number of carbonyl (C=O) groups is 1. The van der Waals surface area contributed by atoms with Gasteiger partial charge in [0.05, 0.1) is 0 Å². The smallest absolute Gasteiger partial charge is 0.326 e. The molecule has 0 saturated heterocycles. The fraction of sp³-hybridized carbons (Fsp3) is 0.300. The summed E-state index contributed by atoms with van der Waals surface area (Å²) >= 11 is 0. The molecule has 6 heteroatoms. The van der Waals surface area contributed by atoms with Crippen LogP contribution in [0, 0.1) is 0 Å². The molecule has 1 unspecified atom stereocenters. The Morgan fingerprint density at radius 2 is 2.06 bits per heavy atom. The lowest BCUT2D eigenvalue weighted by Crippen LogP contribution is -2.52. The van der Waals surface area contributed by atoms with Gasteiger partial charge >= 0.3 is 5.97 Å². The standard InChI is InChI=1S/C10H12FNO4/c11-5-10(12,9(15)16)4-6-1-2-7(13)3-8(6)14/h1-3,13-14H,4-5,12H2,(H,15,16). The molecule has 0 heterocycles. The summed E-state index contributed by atoms with van der Waals surface area (Å²) in [7, 11) is 0. The maximum Gasteiger partial charge on any atom is 0.326 e. The molecule has 0 amide bonds. The molecule has 1 aromatic rings. The highest BCUT2D eigenvalue weighted by Gasteiger charge is 2.35. The molecule has 1 aromatic carbocycles. The van der Waals surface area contributed by atoms with Crippen LogP contribution in [0.5, 0.6) is 11.5 Å². The number of nitrogens with two attached hydrogens (primary N) is 1. The van der Waals surface area contributed by atoms with Crippen molar-refractivity contribution in [3.8, 4) is 11.5 Å². The lowest BCUT2D eigenvalue weighted by Gasteiger charge is -2.21. The zero-order valence-corrected chi connectivity index (χ0v) is 8.35. The van der Waals surface area contributed by atoms with Crippen molar-refractivity contribution < 1.29 is 24.5 Å². The molecule has 0 aliphatic heterocycles. The second-order valence-corrected chi connectivity index (χ2v) is 3.58. The molecule has 1 rings (SSSR count). The summed E-state index contributed by atoms with van der Waals surface area (Å²) < 4.78 is 12.6. The molecule has 16 heavy (non-hydrogen) atoms. The number of benzene rings is 1. The van der Waals surface area contributed by atoms with Crippen LogP contribution >= 0.6 is 0 Å². The van der Waals surface area contributed by atoms with Crippen molar-refractivity contribution in [2.45, 2.75) is 12.0 Å². The molecule has 5 N–H and O–H groups in total. The molecule has 1 atom stereocenters. The molecular formula is C10H12FNO4. The predicted octanol–water partition coefficient (Wildman–Crippen LogP) is 0.392. The summed E-state index contributed by atoms with van der Waals surface area (Å²) in [5.74, 6) is -1.97. The molecule has 88 valence electrons. The first kappa shape index (κ1) is 12.3. The van der Waals surface area contributed by atoms with Gasteiger partial charge in [-0.2, -0.15) is 0 Å². The van der Waals surface area contributed by atoms with Gasteiger partial charge in [-0.3, -0.25) is 4.79 Å². The highest BCUT2D eigenvalue weighted by Crippen LogP contribution is 2.25. The van der Waals surface area contributed by atoms with Crippen molar-refractivity contribution >= 4 is 5.97 Å². The second kappa shape index (κ2) is 4.36. The van der Waals surface area contributed by atoms with Gasteiger partial charge in [0.25, 0.3) is 0 Å². The Labute approximate surface area is 90.9 Å². The van der Waals surface area contributed by atoms with E-state index in [0.717, 1.165) is 6.07 Å². The summed E-state index contributed by atoms with van der Waals surface area (Å²) in [4.78, 5) is 10.7. The Morgan fingerprint density at radius 1 is 1.44 bits per heavy atom. The third kappa shape index (κ3) is 2.40. The van der Waals surface area contributed by atoms with Crippen molar-refractivity contribution in [2.75, 3.05) is 6.67 Å². The van der Waals surface area contributed by atoms with Crippen LogP contribution in [0.4, 0.5) is 4.39 Å². The van der Waals surface area contributed by atoms with E-state index in [1.54, 1.807) is 0 Å². The molecule has 0 spiro atoms. The van der Waals surface area contributed by atoms with Gasteiger partial charge in [0.1, 0.15) is 23.7 Å². The molecule has 0 aliphatic rings. The van der Waals surface area contributed by atoms with Crippen molar-refractivity contribution in [3.05, 3.63) is 23.8 Å². The van der Waals surface area contributed by atoms with Gasteiger partial charge in [0.15, 0.2) is 0 Å². The molecule has 0 saturated carbocycles. The van der Waals surface area contributed by atoms with Crippen LogP contribution in [0.2, 0.25) is 0 Å². The summed E-state index contributed by atoms with van der Waals surface area (Å²) in [6.07, 6.45) is -0.356. The SMILES string of the molecule is NC(CF)(Cc1ccc(O)cc1O)C(=O)O. The van der Waals surface area contributed by atoms with Crippen LogP contribution in [-0.2, 0) is 11.2 Å². The zero-order valence-electron chi connectivity index (χ0n) is 8.35. The summed E-state index contributed by atoms with van der Waals surface area (Å²) in [5, 5.41) is 27.2. The number of rotatable bonds is 4. The van der Waals surface area contributed by atoms with Crippen molar-refractivity contribution in [2.24, 2.45) is 5.73 Å². The minimum Gasteiger partial charge on any atom is -0.508 e. The third-order valence-corrected chi connectivity index (χ3v) is 2.24. The first-order valence-electron chi connectivity index (χ1n) is 4.48. The minimum atomic E-state index is -2.06. The number of alkyl halides is 1. The summed E-state index contributed by atoms with van der Waals surface area (Å²) in [6.45, 7) is -1.25. The maximum absolute atomic E-state index is 12.6. The Morgan fingerprint density at radius 3 is 2.50 bits per heavy atom. The number of carboxylic acids is 1. The maximum atomic E-state index is 12.6. The van der Waals surface area contributed by atoms with Gasteiger partial charge in [-0.1, -0.05) is 6.07 Å². The number of halogens is 1. The molecular weight excluding hydrogens is 217 g/mol. The van der Waals surface area contributed by atoms with Gasteiger partial charge in [-0.15, -0.1) is 0 Å². The van der Waals surface area contributed by atoms with Crippen LogP contribution in [0.3, 0.4) is 0 Å². The van der Waals surface area contributed by atoms with E-state index in [1.165, 1.54) is 12.1 Å². The Kier molecular flexibility index (Phi) is 3.34. The average Bonchev–Trinajstić information content (AvgIpc) is 2.22. The average molecular weight is 229 g/mol. The normalized spacial score (nSPS) is 14.4. The number of aliphatic carboxylic acids is 1. The Hall–Kier alpha value is -1.82. The largest absolute Gasteiger partial charge is 0.508 e. The van der Waals surface area contributed by atoms with Gasteiger partial charge in [-0.25, -0.2) is 4.39 Å². The van der Waals surface area contributed by atoms with Crippen LogP contribution in [0.15, 0.2) is 18.2 Å². The highest BCUT2D eigenvalue weighted by atomic mass is 19.1. The van der Waals surface area contributed by atoms with E-state index in [0.29, 0.717) is 0 Å². The molecule has 0 aromatic heterocycles. The highest BCUT2D eigenvalue weighted by molar-refractivity contribution is 5.79. The number of aromatic hydroxyl groups is 2. The van der Waals surface area contributed by atoms with E-state index < -0.39 is 18.2 Å². The summed E-state index contributed by atoms with van der Waals surface area (Å²) in [6, 6.07) is 3.59. The van der Waals surface area contributed by atoms with Crippen molar-refractivity contribution in [1.29, 1.82) is 0 Å². The Balaban J connectivity index is 2.99. The van der Waals surface area contributed by atoms with Gasteiger partial charge < -0.3 is 21.1 Å². The monoisotopic (exact) mass is 229 g/mol. The van der Waals surface area contributed by atoms with E-state index in [1.807, 2.05) is 0 Å².